The topological polar surface area (TPSA) is 182 Å². The van der Waals surface area contributed by atoms with Crippen LogP contribution < -0.4 is 5.73 Å². The standard InChI is InChI=1S/C27H32N2O8/c1-10(30)12-9-15(26(2,3)4)20(31)17-13(12)7-11-8-14-19(29(5)6)22(33)18(25(28)36)24(35)27(14,37)23(34)16(11)21(17)32/h9,11,14,19,30-32,35,37H,1,7-8H2,2-6H3,(H2,28,36)/t11-,14-,19-,27-/m1/s1. The highest BCUT2D eigenvalue weighted by Gasteiger charge is 2.64. The number of nitrogens with zero attached hydrogens (tertiary/aromatic N) is 1. The quantitative estimate of drug-likeness (QED) is 0.260. The van der Waals surface area contributed by atoms with Gasteiger partial charge in [0.15, 0.2) is 11.4 Å². The van der Waals surface area contributed by atoms with E-state index in [0.717, 1.165) is 0 Å². The third kappa shape index (κ3) is 3.50. The predicted molar refractivity (Wildman–Crippen MR) is 135 cm³/mol. The zero-order chi connectivity index (χ0) is 27.9. The Balaban J connectivity index is 2.04. The SMILES string of the molecule is C=C(O)c1cc(C(C)(C)C)c(O)c2c1C[C@@H]1C[C@@H]3[C@@H](N(C)C)C(=O)C(C(N)=O)=C(O)[C@]3(O)C(=O)C1=C2O. The maximum Gasteiger partial charge on any atom is 0.255 e. The van der Waals surface area contributed by atoms with E-state index in [2.05, 4.69) is 6.58 Å². The van der Waals surface area contributed by atoms with Gasteiger partial charge in [0.05, 0.1) is 11.6 Å². The highest BCUT2D eigenvalue weighted by Crippen LogP contribution is 2.54. The van der Waals surface area contributed by atoms with Crippen molar-refractivity contribution in [3.63, 3.8) is 0 Å². The molecule has 0 aliphatic heterocycles. The molecule has 4 atom stereocenters. The van der Waals surface area contributed by atoms with Crippen molar-refractivity contribution in [2.75, 3.05) is 14.1 Å². The molecular weight excluding hydrogens is 480 g/mol. The number of benzene rings is 1. The average Bonchev–Trinajstić information content (AvgIpc) is 2.74. The van der Waals surface area contributed by atoms with E-state index in [9.17, 15) is 39.9 Å². The summed E-state index contributed by atoms with van der Waals surface area (Å²) in [7, 11) is 3.07. The summed E-state index contributed by atoms with van der Waals surface area (Å²) in [6.45, 7) is 9.09. The number of hydrogen-bond acceptors (Lipinski definition) is 9. The first kappa shape index (κ1) is 26.4. The van der Waals surface area contributed by atoms with Crippen LogP contribution in [0.25, 0.3) is 11.5 Å². The van der Waals surface area contributed by atoms with Gasteiger partial charge in [-0.15, -0.1) is 0 Å². The first-order valence-electron chi connectivity index (χ1n) is 11.9. The van der Waals surface area contributed by atoms with Crippen LogP contribution in [0.4, 0.5) is 0 Å². The molecule has 37 heavy (non-hydrogen) atoms. The van der Waals surface area contributed by atoms with Crippen LogP contribution in [0.1, 0.15) is 49.4 Å². The Bertz CT molecular complexity index is 1350. The number of amides is 1. The van der Waals surface area contributed by atoms with Crippen LogP contribution in [0.3, 0.4) is 0 Å². The minimum atomic E-state index is -2.70. The number of phenolic OH excluding ortho intramolecular Hbond substituents is 1. The van der Waals surface area contributed by atoms with Gasteiger partial charge >= 0.3 is 0 Å². The molecule has 10 nitrogen and oxygen atoms in total. The lowest BCUT2D eigenvalue weighted by Crippen LogP contribution is -2.65. The van der Waals surface area contributed by atoms with Crippen LogP contribution >= 0.6 is 0 Å². The molecule has 0 aromatic heterocycles. The number of rotatable bonds is 3. The maximum atomic E-state index is 13.9. The molecule has 1 saturated carbocycles. The van der Waals surface area contributed by atoms with Crippen LogP contribution in [-0.4, -0.2) is 73.6 Å². The van der Waals surface area contributed by atoms with Crippen molar-refractivity contribution in [2.45, 2.75) is 50.7 Å². The summed E-state index contributed by atoms with van der Waals surface area (Å²) in [4.78, 5) is 40.6. The van der Waals surface area contributed by atoms with Gasteiger partial charge in [-0.3, -0.25) is 19.3 Å². The summed E-state index contributed by atoms with van der Waals surface area (Å²) in [5.41, 5.74) is 1.87. The number of phenols is 1. The summed E-state index contributed by atoms with van der Waals surface area (Å²) in [5, 5.41) is 55.5. The molecule has 0 saturated heterocycles. The molecule has 1 fully saturated rings. The van der Waals surface area contributed by atoms with Crippen molar-refractivity contribution in [1.82, 2.24) is 4.90 Å². The summed E-state index contributed by atoms with van der Waals surface area (Å²) in [6.07, 6.45) is 0.0341. The second kappa shape index (κ2) is 8.19. The summed E-state index contributed by atoms with van der Waals surface area (Å²) >= 11 is 0. The maximum absolute atomic E-state index is 13.9. The van der Waals surface area contributed by atoms with E-state index in [1.54, 1.807) is 6.07 Å². The van der Waals surface area contributed by atoms with Gasteiger partial charge in [0.25, 0.3) is 5.91 Å². The van der Waals surface area contributed by atoms with Gasteiger partial charge in [0, 0.05) is 22.6 Å². The third-order valence-corrected chi connectivity index (χ3v) is 7.84. The normalized spacial score (nSPS) is 27.7. The average molecular weight is 513 g/mol. The number of carbonyl (C=O) groups excluding carboxylic acids is 3. The van der Waals surface area contributed by atoms with Gasteiger partial charge in [-0.2, -0.15) is 0 Å². The number of primary amides is 1. The third-order valence-electron chi connectivity index (χ3n) is 7.84. The fourth-order valence-electron chi connectivity index (χ4n) is 6.14. The highest BCUT2D eigenvalue weighted by atomic mass is 16.3. The lowest BCUT2D eigenvalue weighted by Gasteiger charge is -2.50. The van der Waals surface area contributed by atoms with E-state index < -0.39 is 63.5 Å². The Morgan fingerprint density at radius 2 is 1.78 bits per heavy atom. The summed E-state index contributed by atoms with van der Waals surface area (Å²) < 4.78 is 0. The number of ketones is 2. The molecule has 0 bridgehead atoms. The van der Waals surface area contributed by atoms with E-state index in [1.807, 2.05) is 20.8 Å². The van der Waals surface area contributed by atoms with Gasteiger partial charge in [-0.1, -0.05) is 27.4 Å². The Morgan fingerprint density at radius 1 is 1.19 bits per heavy atom. The molecule has 0 spiro atoms. The number of aliphatic hydroxyl groups is 4. The first-order chi connectivity index (χ1) is 17.0. The van der Waals surface area contributed by atoms with Crippen LogP contribution in [-0.2, 0) is 26.2 Å². The van der Waals surface area contributed by atoms with Gasteiger partial charge in [0.2, 0.25) is 5.78 Å². The largest absolute Gasteiger partial charge is 0.508 e. The lowest BCUT2D eigenvalue weighted by molar-refractivity contribution is -0.153. The molecule has 0 heterocycles. The first-order valence-corrected chi connectivity index (χ1v) is 11.9. The molecule has 1 aromatic carbocycles. The number of hydrogen-bond donors (Lipinski definition) is 6. The van der Waals surface area contributed by atoms with Crippen LogP contribution in [0, 0.1) is 11.8 Å². The Hall–Kier alpha value is -3.63. The van der Waals surface area contributed by atoms with Crippen molar-refractivity contribution < 1.29 is 39.9 Å². The molecule has 10 heteroatoms. The van der Waals surface area contributed by atoms with E-state index in [4.69, 9.17) is 5.73 Å². The molecule has 1 aromatic rings. The fourth-order valence-corrected chi connectivity index (χ4v) is 6.14. The zero-order valence-corrected chi connectivity index (χ0v) is 21.4. The summed E-state index contributed by atoms with van der Waals surface area (Å²) in [5.74, 6) is -7.43. The van der Waals surface area contributed by atoms with Gasteiger partial charge in [-0.25, -0.2) is 0 Å². The summed E-state index contributed by atoms with van der Waals surface area (Å²) in [6, 6.07) is 0.428. The van der Waals surface area contributed by atoms with Crippen LogP contribution in [0.5, 0.6) is 5.75 Å². The second-order valence-corrected chi connectivity index (χ2v) is 11.3. The van der Waals surface area contributed by atoms with E-state index in [-0.39, 0.29) is 35.5 Å². The second-order valence-electron chi connectivity index (χ2n) is 11.3. The number of Topliss-reactive ketones (excluding diaryl/α,β-unsaturated/α-hetero) is 2. The molecule has 7 N–H and O–H groups in total. The van der Waals surface area contributed by atoms with Crippen LogP contribution in [0.15, 0.2) is 29.6 Å². The van der Waals surface area contributed by atoms with Gasteiger partial charge in [0.1, 0.15) is 28.6 Å². The molecule has 3 aliphatic carbocycles. The van der Waals surface area contributed by atoms with Gasteiger partial charge < -0.3 is 31.3 Å². The van der Waals surface area contributed by atoms with Crippen molar-refractivity contribution in [2.24, 2.45) is 17.6 Å². The molecule has 4 rings (SSSR count). The molecule has 0 radical (unpaired) electrons. The zero-order valence-electron chi connectivity index (χ0n) is 21.4. The molecule has 1 amide bonds. The number of carbonyl (C=O) groups is 3. The molecule has 0 unspecified atom stereocenters. The number of fused-ring (bicyclic) bond motifs is 3. The minimum Gasteiger partial charge on any atom is -0.508 e. The monoisotopic (exact) mass is 512 g/mol. The Labute approximate surface area is 214 Å². The van der Waals surface area contributed by atoms with Crippen molar-refractivity contribution in [3.05, 3.63) is 51.8 Å². The smallest absolute Gasteiger partial charge is 0.255 e. The van der Waals surface area contributed by atoms with Crippen molar-refractivity contribution >= 4 is 29.0 Å². The molecule has 198 valence electrons. The van der Waals surface area contributed by atoms with E-state index >= 15 is 0 Å². The number of nitrogens with two attached hydrogens (primary N) is 1. The Kier molecular flexibility index (Phi) is 5.85. The Morgan fingerprint density at radius 3 is 2.27 bits per heavy atom. The van der Waals surface area contributed by atoms with Crippen molar-refractivity contribution in [1.29, 1.82) is 0 Å². The van der Waals surface area contributed by atoms with Gasteiger partial charge in [-0.05, 0) is 49.9 Å². The van der Waals surface area contributed by atoms with Crippen molar-refractivity contribution in [3.8, 4) is 5.75 Å². The predicted octanol–water partition coefficient (Wildman–Crippen LogP) is 1.79. The number of aliphatic hydroxyl groups excluding tert-OH is 3. The minimum absolute atomic E-state index is 0.0368. The lowest BCUT2D eigenvalue weighted by atomic mass is 9.57. The number of aromatic hydroxyl groups is 1. The van der Waals surface area contributed by atoms with E-state index in [1.165, 1.54) is 19.0 Å². The highest BCUT2D eigenvalue weighted by molar-refractivity contribution is 6.24. The van der Waals surface area contributed by atoms with Crippen LogP contribution in [0.2, 0.25) is 0 Å². The van der Waals surface area contributed by atoms with E-state index in [0.29, 0.717) is 16.7 Å². The molecule has 3 aliphatic rings. The molecular formula is C27H32N2O8. The number of likely N-dealkylation sites (N-methyl/N-ethyl adjacent to an activating group) is 1. The fraction of sp³-hybridized carbons (Fsp3) is 0.444.